The molecule has 0 spiro atoms. The van der Waals surface area contributed by atoms with Crippen LogP contribution in [0.3, 0.4) is 0 Å². The van der Waals surface area contributed by atoms with Crippen LogP contribution in [-0.2, 0) is 0 Å². The predicted molar refractivity (Wildman–Crippen MR) is 54.8 cm³/mol. The molecule has 0 aromatic carbocycles. The lowest BCUT2D eigenvalue weighted by molar-refractivity contribution is 0.921. The first-order chi connectivity index (χ1) is 5.16. The van der Waals surface area contributed by atoms with Crippen LogP contribution in [-0.4, -0.2) is 4.83 Å². The molecule has 0 aromatic heterocycles. The predicted octanol–water partition coefficient (Wildman–Crippen LogP) is 3.52. The minimum Gasteiger partial charge on any atom is -0.120 e. The highest BCUT2D eigenvalue weighted by atomic mass is 79.9. The van der Waals surface area contributed by atoms with Crippen LogP contribution in [0.1, 0.15) is 33.1 Å². The van der Waals surface area contributed by atoms with Gasteiger partial charge in [0.2, 0.25) is 0 Å². The van der Waals surface area contributed by atoms with E-state index in [0.717, 1.165) is 19.3 Å². The summed E-state index contributed by atoms with van der Waals surface area (Å²) < 4.78 is 0. The molecule has 0 radical (unpaired) electrons. The lowest BCUT2D eigenvalue weighted by Gasteiger charge is -2.01. The number of alkyl halides is 1. The Hall–Kier alpha value is -0.220. The van der Waals surface area contributed by atoms with Crippen LogP contribution in [0.25, 0.3) is 0 Å². The maximum Gasteiger partial charge on any atom is 0.0154 e. The monoisotopic (exact) mass is 214 g/mol. The molecule has 0 saturated carbocycles. The molecule has 0 saturated heterocycles. The zero-order valence-electron chi connectivity index (χ0n) is 7.23. The Morgan fingerprint density at radius 1 is 1.73 bits per heavy atom. The fourth-order valence-corrected chi connectivity index (χ4v) is 1.44. The third-order valence-electron chi connectivity index (χ3n) is 1.38. The van der Waals surface area contributed by atoms with Crippen molar-refractivity contribution in [2.24, 2.45) is 0 Å². The second kappa shape index (κ2) is 6.49. The summed E-state index contributed by atoms with van der Waals surface area (Å²) in [5.74, 6) is 2.62. The fourth-order valence-electron chi connectivity index (χ4n) is 0.929. The van der Waals surface area contributed by atoms with E-state index in [4.69, 9.17) is 6.42 Å². The number of allylic oxidation sites excluding steroid dienone is 2. The Bertz CT molecular complexity index is 160. The van der Waals surface area contributed by atoms with Crippen LogP contribution in [0.4, 0.5) is 0 Å². The van der Waals surface area contributed by atoms with E-state index in [-0.39, 0.29) is 0 Å². The third kappa shape index (κ3) is 7.68. The van der Waals surface area contributed by atoms with E-state index in [1.165, 1.54) is 5.57 Å². The topological polar surface area (TPSA) is 0 Å². The van der Waals surface area contributed by atoms with E-state index in [9.17, 15) is 0 Å². The molecule has 0 nitrogen and oxygen atoms in total. The molecule has 11 heavy (non-hydrogen) atoms. The molecule has 1 unspecified atom stereocenters. The average Bonchev–Trinajstić information content (AvgIpc) is 1.86. The highest BCUT2D eigenvalue weighted by Gasteiger charge is 1.95. The molecule has 0 aliphatic rings. The van der Waals surface area contributed by atoms with Gasteiger partial charge in [-0.15, -0.1) is 12.3 Å². The van der Waals surface area contributed by atoms with Crippen molar-refractivity contribution in [2.75, 3.05) is 0 Å². The van der Waals surface area contributed by atoms with E-state index in [0.29, 0.717) is 4.83 Å². The highest BCUT2D eigenvalue weighted by molar-refractivity contribution is 9.09. The molecule has 0 N–H and O–H groups in total. The Balaban J connectivity index is 3.56. The van der Waals surface area contributed by atoms with Crippen LogP contribution in [0, 0.1) is 12.3 Å². The molecule has 0 bridgehead atoms. The zero-order valence-corrected chi connectivity index (χ0v) is 8.82. The third-order valence-corrected chi connectivity index (χ3v) is 1.71. The Kier molecular flexibility index (Phi) is 6.36. The van der Waals surface area contributed by atoms with Crippen LogP contribution in [0.5, 0.6) is 0 Å². The zero-order chi connectivity index (χ0) is 8.69. The first-order valence-electron chi connectivity index (χ1n) is 3.90. The van der Waals surface area contributed by atoms with Crippen LogP contribution < -0.4 is 0 Å². The van der Waals surface area contributed by atoms with Crippen molar-refractivity contribution in [1.29, 1.82) is 0 Å². The maximum absolute atomic E-state index is 5.13. The van der Waals surface area contributed by atoms with Gasteiger partial charge in [0.15, 0.2) is 0 Å². The summed E-state index contributed by atoms with van der Waals surface area (Å²) >= 11 is 3.50. The Morgan fingerprint density at radius 3 is 2.82 bits per heavy atom. The largest absolute Gasteiger partial charge is 0.120 e. The van der Waals surface area contributed by atoms with Crippen molar-refractivity contribution in [3.63, 3.8) is 0 Å². The van der Waals surface area contributed by atoms with E-state index in [1.54, 1.807) is 0 Å². The summed E-state index contributed by atoms with van der Waals surface area (Å²) in [6.45, 7) is 4.30. The molecule has 62 valence electrons. The van der Waals surface area contributed by atoms with Crippen molar-refractivity contribution in [3.8, 4) is 12.3 Å². The second-order valence-corrected chi connectivity index (χ2v) is 4.34. The fraction of sp³-hybridized carbons (Fsp3) is 0.600. The van der Waals surface area contributed by atoms with Crippen LogP contribution >= 0.6 is 15.9 Å². The highest BCUT2D eigenvalue weighted by Crippen LogP contribution is 2.12. The molecule has 0 fully saturated rings. The summed E-state index contributed by atoms with van der Waals surface area (Å²) in [7, 11) is 0. The normalized spacial score (nSPS) is 14.2. The molecular formula is C10H15Br. The van der Waals surface area contributed by atoms with Crippen LogP contribution in [0.15, 0.2) is 11.6 Å². The van der Waals surface area contributed by atoms with Gasteiger partial charge < -0.3 is 0 Å². The molecule has 0 heterocycles. The van der Waals surface area contributed by atoms with Gasteiger partial charge in [0.25, 0.3) is 0 Å². The summed E-state index contributed by atoms with van der Waals surface area (Å²) in [6, 6.07) is 0. The van der Waals surface area contributed by atoms with E-state index >= 15 is 0 Å². The number of hydrogen-bond acceptors (Lipinski definition) is 0. The van der Waals surface area contributed by atoms with Gasteiger partial charge in [-0.1, -0.05) is 34.5 Å². The molecule has 0 aromatic rings. The number of terminal acetylenes is 1. The lowest BCUT2D eigenvalue weighted by atomic mass is 10.1. The number of halogens is 1. The SMILES string of the molecule is C#CCC/C=C(\C)CC(C)Br. The summed E-state index contributed by atoms with van der Waals surface area (Å²) in [4.78, 5) is 0.574. The van der Waals surface area contributed by atoms with Gasteiger partial charge in [0, 0.05) is 11.2 Å². The molecule has 0 rings (SSSR count). The quantitative estimate of drug-likeness (QED) is 0.291. The van der Waals surface area contributed by atoms with Gasteiger partial charge in [-0.2, -0.15) is 0 Å². The van der Waals surface area contributed by atoms with E-state index < -0.39 is 0 Å². The summed E-state index contributed by atoms with van der Waals surface area (Å²) in [5.41, 5.74) is 1.42. The van der Waals surface area contributed by atoms with Gasteiger partial charge >= 0.3 is 0 Å². The molecule has 0 amide bonds. The second-order valence-electron chi connectivity index (χ2n) is 2.78. The first kappa shape index (κ1) is 10.8. The van der Waals surface area contributed by atoms with Crippen molar-refractivity contribution in [1.82, 2.24) is 0 Å². The van der Waals surface area contributed by atoms with E-state index in [1.807, 2.05) is 0 Å². The number of unbranched alkanes of at least 4 members (excludes halogenated alkanes) is 1. The van der Waals surface area contributed by atoms with E-state index in [2.05, 4.69) is 41.8 Å². The molecule has 1 atom stereocenters. The number of rotatable bonds is 4. The Labute approximate surface area is 78.2 Å². The van der Waals surface area contributed by atoms with Crippen molar-refractivity contribution in [2.45, 2.75) is 37.9 Å². The molecule has 0 aliphatic heterocycles. The van der Waals surface area contributed by atoms with Crippen LogP contribution in [0.2, 0.25) is 0 Å². The van der Waals surface area contributed by atoms with Gasteiger partial charge in [0.05, 0.1) is 0 Å². The maximum atomic E-state index is 5.13. The number of hydrogen-bond donors (Lipinski definition) is 0. The lowest BCUT2D eigenvalue weighted by Crippen LogP contribution is -1.90. The summed E-state index contributed by atoms with van der Waals surface area (Å²) in [5, 5.41) is 0. The standard InChI is InChI=1S/C10H15Br/c1-4-5-6-7-9(2)8-10(3)11/h1,7,10H,5-6,8H2,2-3H3/b9-7+. The van der Waals surface area contributed by atoms with Crippen molar-refractivity contribution < 1.29 is 0 Å². The van der Waals surface area contributed by atoms with Gasteiger partial charge in [-0.25, -0.2) is 0 Å². The molecule has 1 heteroatoms. The smallest absolute Gasteiger partial charge is 0.0154 e. The summed E-state index contributed by atoms with van der Waals surface area (Å²) in [6.07, 6.45) is 10.3. The minimum absolute atomic E-state index is 0.574. The Morgan fingerprint density at radius 2 is 2.36 bits per heavy atom. The minimum atomic E-state index is 0.574. The van der Waals surface area contributed by atoms with Gasteiger partial charge in [0.1, 0.15) is 0 Å². The molecular weight excluding hydrogens is 200 g/mol. The first-order valence-corrected chi connectivity index (χ1v) is 4.81. The molecule has 0 aliphatic carbocycles. The average molecular weight is 215 g/mol. The van der Waals surface area contributed by atoms with Gasteiger partial charge in [-0.3, -0.25) is 0 Å². The van der Waals surface area contributed by atoms with Crippen molar-refractivity contribution >= 4 is 15.9 Å². The van der Waals surface area contributed by atoms with Gasteiger partial charge in [-0.05, 0) is 19.8 Å². The van der Waals surface area contributed by atoms with Crippen molar-refractivity contribution in [3.05, 3.63) is 11.6 Å².